The van der Waals surface area contributed by atoms with E-state index in [2.05, 4.69) is 4.72 Å². The van der Waals surface area contributed by atoms with Crippen LogP contribution in [0.3, 0.4) is 0 Å². The Kier molecular flexibility index (Phi) is 7.29. The molecule has 0 saturated carbocycles. The standard InChI is InChI=1S/C20H31N3O5S/c1-15-6-7-16(2)17(14-15)29(26,27)21-9-8-18(24)22-10-12-23(13-11-22)19(25)28-20(3,4)5/h6-7,14,21H,8-13H2,1-5H3. The van der Waals surface area contributed by atoms with Gasteiger partial charge in [0.15, 0.2) is 0 Å². The minimum absolute atomic E-state index is 0.0286. The maximum Gasteiger partial charge on any atom is 0.410 e. The van der Waals surface area contributed by atoms with Crippen LogP contribution < -0.4 is 4.72 Å². The number of sulfonamides is 1. The zero-order valence-electron chi connectivity index (χ0n) is 17.8. The molecule has 0 unspecified atom stereocenters. The Bertz CT molecular complexity index is 853. The molecule has 29 heavy (non-hydrogen) atoms. The third-order valence-corrected chi connectivity index (χ3v) is 6.15. The highest BCUT2D eigenvalue weighted by molar-refractivity contribution is 7.89. The van der Waals surface area contributed by atoms with Gasteiger partial charge in [-0.15, -0.1) is 0 Å². The van der Waals surface area contributed by atoms with Gasteiger partial charge in [-0.2, -0.15) is 0 Å². The number of carbonyl (C=O) groups excluding carboxylic acids is 2. The first-order valence-corrected chi connectivity index (χ1v) is 11.2. The van der Waals surface area contributed by atoms with Gasteiger partial charge in [-0.05, 0) is 51.8 Å². The van der Waals surface area contributed by atoms with Gasteiger partial charge in [0.2, 0.25) is 15.9 Å². The van der Waals surface area contributed by atoms with E-state index >= 15 is 0 Å². The molecule has 8 nitrogen and oxygen atoms in total. The molecule has 0 aliphatic carbocycles. The summed E-state index contributed by atoms with van der Waals surface area (Å²) in [6.07, 6.45) is -0.317. The molecule has 1 N–H and O–H groups in total. The highest BCUT2D eigenvalue weighted by atomic mass is 32.2. The average Bonchev–Trinajstić information content (AvgIpc) is 2.62. The first kappa shape index (κ1) is 23.2. The molecule has 1 fully saturated rings. The Hall–Kier alpha value is -2.13. The second kappa shape index (κ2) is 9.13. The van der Waals surface area contributed by atoms with Crippen molar-refractivity contribution < 1.29 is 22.7 Å². The molecule has 1 heterocycles. The largest absolute Gasteiger partial charge is 0.444 e. The number of piperazine rings is 1. The van der Waals surface area contributed by atoms with Crippen LogP contribution in [-0.2, 0) is 19.6 Å². The van der Waals surface area contributed by atoms with E-state index in [0.29, 0.717) is 31.7 Å². The van der Waals surface area contributed by atoms with Gasteiger partial charge in [0, 0.05) is 39.1 Å². The van der Waals surface area contributed by atoms with E-state index in [9.17, 15) is 18.0 Å². The molecule has 0 spiro atoms. The van der Waals surface area contributed by atoms with Gasteiger partial charge >= 0.3 is 6.09 Å². The molecular weight excluding hydrogens is 394 g/mol. The van der Waals surface area contributed by atoms with Crippen LogP contribution in [-0.4, -0.2) is 68.5 Å². The molecule has 0 atom stereocenters. The number of nitrogens with one attached hydrogen (secondary N) is 1. The van der Waals surface area contributed by atoms with Crippen molar-refractivity contribution in [3.05, 3.63) is 29.3 Å². The van der Waals surface area contributed by atoms with Crippen LogP contribution in [0.25, 0.3) is 0 Å². The van der Waals surface area contributed by atoms with Crippen LogP contribution in [0.15, 0.2) is 23.1 Å². The molecule has 9 heteroatoms. The van der Waals surface area contributed by atoms with Crippen molar-refractivity contribution in [1.82, 2.24) is 14.5 Å². The molecule has 1 saturated heterocycles. The third-order valence-electron chi connectivity index (χ3n) is 4.55. The van der Waals surface area contributed by atoms with Gasteiger partial charge < -0.3 is 14.5 Å². The summed E-state index contributed by atoms with van der Waals surface area (Å²) < 4.78 is 32.9. The van der Waals surface area contributed by atoms with E-state index in [1.54, 1.807) is 28.9 Å². The summed E-state index contributed by atoms with van der Waals surface area (Å²) in [5.74, 6) is -0.141. The highest BCUT2D eigenvalue weighted by Gasteiger charge is 2.27. The second-order valence-electron chi connectivity index (χ2n) is 8.26. The number of carbonyl (C=O) groups is 2. The summed E-state index contributed by atoms with van der Waals surface area (Å²) in [5.41, 5.74) is 0.958. The predicted molar refractivity (Wildman–Crippen MR) is 110 cm³/mol. The third kappa shape index (κ3) is 6.71. The minimum Gasteiger partial charge on any atom is -0.444 e. The normalized spacial score (nSPS) is 15.3. The lowest BCUT2D eigenvalue weighted by Gasteiger charge is -2.35. The molecule has 0 radical (unpaired) electrons. The SMILES string of the molecule is Cc1ccc(C)c(S(=O)(=O)NCCC(=O)N2CCN(C(=O)OC(C)(C)C)CC2)c1. The second-order valence-corrected chi connectivity index (χ2v) is 10.0. The summed E-state index contributed by atoms with van der Waals surface area (Å²) in [6, 6.07) is 5.24. The van der Waals surface area contributed by atoms with E-state index in [1.807, 2.05) is 33.8 Å². The van der Waals surface area contributed by atoms with Crippen LogP contribution in [0, 0.1) is 13.8 Å². The Labute approximate surface area is 173 Å². The van der Waals surface area contributed by atoms with Crippen LogP contribution in [0.4, 0.5) is 4.79 Å². The van der Waals surface area contributed by atoms with Gasteiger partial charge in [0.05, 0.1) is 4.90 Å². The zero-order valence-corrected chi connectivity index (χ0v) is 18.6. The van der Waals surface area contributed by atoms with Crippen molar-refractivity contribution in [3.8, 4) is 0 Å². The van der Waals surface area contributed by atoms with Crippen LogP contribution in [0.5, 0.6) is 0 Å². The van der Waals surface area contributed by atoms with Crippen molar-refractivity contribution >= 4 is 22.0 Å². The zero-order chi connectivity index (χ0) is 21.8. The summed E-state index contributed by atoms with van der Waals surface area (Å²) in [6.45, 7) is 10.6. The van der Waals surface area contributed by atoms with Gasteiger partial charge in [0.25, 0.3) is 0 Å². The lowest BCUT2D eigenvalue weighted by molar-refractivity contribution is -0.132. The van der Waals surface area contributed by atoms with Crippen LogP contribution >= 0.6 is 0 Å². The van der Waals surface area contributed by atoms with Crippen molar-refractivity contribution in [2.75, 3.05) is 32.7 Å². The molecule has 2 rings (SSSR count). The maximum atomic E-state index is 12.5. The predicted octanol–water partition coefficient (Wildman–Crippen LogP) is 2.05. The van der Waals surface area contributed by atoms with E-state index in [1.165, 1.54) is 0 Å². The summed E-state index contributed by atoms with van der Waals surface area (Å²) in [5, 5.41) is 0. The average molecular weight is 426 g/mol. The topological polar surface area (TPSA) is 96.0 Å². The molecule has 1 aliphatic rings. The van der Waals surface area contributed by atoms with Crippen molar-refractivity contribution in [2.45, 2.75) is 51.5 Å². The van der Waals surface area contributed by atoms with E-state index < -0.39 is 15.6 Å². The van der Waals surface area contributed by atoms with Gasteiger partial charge in [-0.25, -0.2) is 17.9 Å². The molecule has 1 aromatic rings. The fourth-order valence-corrected chi connectivity index (χ4v) is 4.35. The first-order valence-electron chi connectivity index (χ1n) is 9.72. The summed E-state index contributed by atoms with van der Waals surface area (Å²) >= 11 is 0. The number of rotatable bonds is 5. The highest BCUT2D eigenvalue weighted by Crippen LogP contribution is 2.17. The lowest BCUT2D eigenvalue weighted by Crippen LogP contribution is -2.52. The van der Waals surface area contributed by atoms with Gasteiger partial charge in [-0.3, -0.25) is 4.79 Å². The minimum atomic E-state index is -3.67. The van der Waals surface area contributed by atoms with E-state index in [4.69, 9.17) is 4.74 Å². The Morgan fingerprint density at radius 1 is 1.07 bits per heavy atom. The quantitative estimate of drug-likeness (QED) is 0.779. The fraction of sp³-hybridized carbons (Fsp3) is 0.600. The smallest absolute Gasteiger partial charge is 0.410 e. The number of amides is 2. The molecule has 0 bridgehead atoms. The van der Waals surface area contributed by atoms with E-state index in [0.717, 1.165) is 5.56 Å². The molecule has 1 aliphatic heterocycles. The molecular formula is C20H31N3O5S. The van der Waals surface area contributed by atoms with Crippen molar-refractivity contribution in [1.29, 1.82) is 0 Å². The maximum absolute atomic E-state index is 12.5. The monoisotopic (exact) mass is 425 g/mol. The molecule has 1 aromatic carbocycles. The van der Waals surface area contributed by atoms with E-state index in [-0.39, 0.29) is 29.9 Å². The van der Waals surface area contributed by atoms with Gasteiger partial charge in [0.1, 0.15) is 5.60 Å². The summed E-state index contributed by atoms with van der Waals surface area (Å²) in [7, 11) is -3.67. The Morgan fingerprint density at radius 2 is 1.66 bits per heavy atom. The Morgan fingerprint density at radius 3 is 2.24 bits per heavy atom. The summed E-state index contributed by atoms with van der Waals surface area (Å²) in [4.78, 5) is 27.9. The fourth-order valence-electron chi connectivity index (χ4n) is 2.99. The molecule has 0 aromatic heterocycles. The number of hydrogen-bond acceptors (Lipinski definition) is 5. The van der Waals surface area contributed by atoms with Crippen LogP contribution in [0.2, 0.25) is 0 Å². The number of nitrogens with zero attached hydrogens (tertiary/aromatic N) is 2. The number of benzene rings is 1. The van der Waals surface area contributed by atoms with Crippen molar-refractivity contribution in [2.24, 2.45) is 0 Å². The lowest BCUT2D eigenvalue weighted by atomic mass is 10.2. The van der Waals surface area contributed by atoms with Gasteiger partial charge in [-0.1, -0.05) is 12.1 Å². The number of ether oxygens (including phenoxy) is 1. The van der Waals surface area contributed by atoms with Crippen molar-refractivity contribution in [3.63, 3.8) is 0 Å². The number of aryl methyl sites for hydroxylation is 2. The molecule has 162 valence electrons. The Balaban J connectivity index is 1.82. The number of hydrogen-bond donors (Lipinski definition) is 1. The molecule has 2 amide bonds. The first-order chi connectivity index (χ1) is 13.4. The van der Waals surface area contributed by atoms with Crippen LogP contribution in [0.1, 0.15) is 38.3 Å².